The first kappa shape index (κ1) is 13.9. The molecule has 86 valence electrons. The number of nitrogens with zero attached hydrogens (tertiary/aromatic N) is 1. The Morgan fingerprint density at radius 3 is 2.36 bits per heavy atom. The van der Waals surface area contributed by atoms with Crippen LogP contribution in [-0.4, -0.2) is 44.2 Å². The second-order valence-electron chi connectivity index (χ2n) is 4.80. The summed E-state index contributed by atoms with van der Waals surface area (Å²) in [5.41, 5.74) is 5.68. The number of hydrogen-bond donors (Lipinski definition) is 2. The van der Waals surface area contributed by atoms with Crippen molar-refractivity contribution in [2.45, 2.75) is 32.7 Å². The van der Waals surface area contributed by atoms with Crippen LogP contribution in [0.1, 0.15) is 27.2 Å². The molecule has 0 aliphatic rings. The predicted octanol–water partition coefficient (Wildman–Crippen LogP) is 0.901. The average molecular weight is 201 g/mol. The van der Waals surface area contributed by atoms with Crippen LogP contribution in [0.25, 0.3) is 0 Å². The van der Waals surface area contributed by atoms with Crippen molar-refractivity contribution < 1.29 is 0 Å². The maximum Gasteiger partial charge on any atom is 0.0184 e. The molecule has 0 bridgehead atoms. The van der Waals surface area contributed by atoms with E-state index in [-0.39, 0.29) is 5.54 Å². The molecule has 0 aliphatic carbocycles. The van der Waals surface area contributed by atoms with Gasteiger partial charge >= 0.3 is 0 Å². The van der Waals surface area contributed by atoms with Crippen LogP contribution in [0, 0.1) is 5.92 Å². The third-order valence-corrected chi connectivity index (χ3v) is 3.37. The third kappa shape index (κ3) is 4.40. The molecule has 0 saturated carbocycles. The normalized spacial score (nSPS) is 14.8. The van der Waals surface area contributed by atoms with Crippen LogP contribution in [0.15, 0.2) is 0 Å². The molecule has 0 saturated heterocycles. The van der Waals surface area contributed by atoms with Crippen molar-refractivity contribution in [3.8, 4) is 0 Å². The Kier molecular flexibility index (Phi) is 6.33. The summed E-state index contributed by atoms with van der Waals surface area (Å²) >= 11 is 0. The summed E-state index contributed by atoms with van der Waals surface area (Å²) < 4.78 is 0. The smallest absolute Gasteiger partial charge is 0.0184 e. The van der Waals surface area contributed by atoms with Crippen molar-refractivity contribution in [3.05, 3.63) is 0 Å². The van der Waals surface area contributed by atoms with Crippen LogP contribution >= 0.6 is 0 Å². The molecule has 0 radical (unpaired) electrons. The summed E-state index contributed by atoms with van der Waals surface area (Å²) in [6.45, 7) is 9.72. The Morgan fingerprint density at radius 1 is 1.36 bits per heavy atom. The van der Waals surface area contributed by atoms with Gasteiger partial charge in [-0.15, -0.1) is 0 Å². The number of nitrogens with one attached hydrogen (secondary N) is 1. The maximum atomic E-state index is 5.43. The van der Waals surface area contributed by atoms with E-state index in [1.165, 1.54) is 0 Å². The first-order valence-electron chi connectivity index (χ1n) is 5.51. The molecule has 1 atom stereocenters. The van der Waals surface area contributed by atoms with Crippen LogP contribution < -0.4 is 11.1 Å². The fraction of sp³-hybridized carbons (Fsp3) is 1.00. The summed E-state index contributed by atoms with van der Waals surface area (Å²) in [5.74, 6) is 0.635. The highest BCUT2D eigenvalue weighted by Crippen LogP contribution is 2.20. The third-order valence-electron chi connectivity index (χ3n) is 3.37. The van der Waals surface area contributed by atoms with Gasteiger partial charge in [-0.1, -0.05) is 6.92 Å². The van der Waals surface area contributed by atoms with Gasteiger partial charge in [-0.2, -0.15) is 0 Å². The second kappa shape index (κ2) is 6.38. The van der Waals surface area contributed by atoms with E-state index in [4.69, 9.17) is 5.73 Å². The van der Waals surface area contributed by atoms with Gasteiger partial charge in [-0.3, -0.25) is 0 Å². The molecule has 0 heterocycles. The van der Waals surface area contributed by atoms with Crippen LogP contribution in [0.4, 0.5) is 0 Å². The quantitative estimate of drug-likeness (QED) is 0.601. The summed E-state index contributed by atoms with van der Waals surface area (Å²) in [5, 5.41) is 3.44. The lowest BCUT2D eigenvalue weighted by Gasteiger charge is -2.38. The van der Waals surface area contributed by atoms with Crippen molar-refractivity contribution >= 4 is 0 Å². The lowest BCUT2D eigenvalue weighted by Crippen LogP contribution is -2.47. The second-order valence-corrected chi connectivity index (χ2v) is 4.80. The first-order chi connectivity index (χ1) is 6.42. The van der Waals surface area contributed by atoms with Gasteiger partial charge in [0.1, 0.15) is 0 Å². The molecule has 3 heteroatoms. The van der Waals surface area contributed by atoms with Crippen LogP contribution in [0.3, 0.4) is 0 Å². The average Bonchev–Trinajstić information content (AvgIpc) is 2.11. The highest BCUT2D eigenvalue weighted by atomic mass is 15.1. The molecule has 0 rings (SSSR count). The van der Waals surface area contributed by atoms with Crippen LogP contribution in [-0.2, 0) is 0 Å². The van der Waals surface area contributed by atoms with Crippen molar-refractivity contribution in [1.82, 2.24) is 10.2 Å². The van der Waals surface area contributed by atoms with E-state index in [2.05, 4.69) is 45.1 Å². The molecule has 3 nitrogen and oxygen atoms in total. The topological polar surface area (TPSA) is 41.3 Å². The SMILES string of the molecule is CC(CNCCCN)C(C)(C)N(C)C. The lowest BCUT2D eigenvalue weighted by molar-refractivity contribution is 0.125. The van der Waals surface area contributed by atoms with E-state index in [0.717, 1.165) is 26.1 Å². The van der Waals surface area contributed by atoms with Gasteiger partial charge < -0.3 is 16.0 Å². The van der Waals surface area contributed by atoms with E-state index in [1.807, 2.05) is 0 Å². The minimum atomic E-state index is 0.246. The molecule has 0 fully saturated rings. The molecule has 0 aliphatic heterocycles. The fourth-order valence-corrected chi connectivity index (χ4v) is 1.24. The Bertz CT molecular complexity index is 143. The molecular formula is C11H27N3. The number of hydrogen-bond acceptors (Lipinski definition) is 3. The van der Waals surface area contributed by atoms with E-state index in [1.54, 1.807) is 0 Å². The van der Waals surface area contributed by atoms with Gasteiger partial charge in [0.25, 0.3) is 0 Å². The lowest BCUT2D eigenvalue weighted by atomic mass is 9.88. The van der Waals surface area contributed by atoms with Crippen LogP contribution in [0.2, 0.25) is 0 Å². The van der Waals surface area contributed by atoms with Gasteiger partial charge in [0.15, 0.2) is 0 Å². The fourth-order valence-electron chi connectivity index (χ4n) is 1.24. The highest BCUT2D eigenvalue weighted by molar-refractivity contribution is 4.84. The zero-order valence-electron chi connectivity index (χ0n) is 10.4. The molecule has 14 heavy (non-hydrogen) atoms. The first-order valence-corrected chi connectivity index (χ1v) is 5.51. The molecular weight excluding hydrogens is 174 g/mol. The monoisotopic (exact) mass is 201 g/mol. The van der Waals surface area contributed by atoms with Crippen molar-refractivity contribution in [3.63, 3.8) is 0 Å². The Morgan fingerprint density at radius 2 is 1.93 bits per heavy atom. The number of nitrogens with two attached hydrogens (primary N) is 1. The van der Waals surface area contributed by atoms with Gasteiger partial charge in [0.2, 0.25) is 0 Å². The molecule has 0 aromatic rings. The van der Waals surface area contributed by atoms with Crippen LogP contribution in [0.5, 0.6) is 0 Å². The standard InChI is InChI=1S/C11H27N3/c1-10(9-13-8-6-7-12)11(2,3)14(4)5/h10,13H,6-9,12H2,1-5H3. The summed E-state index contributed by atoms with van der Waals surface area (Å²) in [6, 6.07) is 0. The Hall–Kier alpha value is -0.120. The maximum absolute atomic E-state index is 5.43. The van der Waals surface area contributed by atoms with Crippen molar-refractivity contribution in [2.75, 3.05) is 33.7 Å². The Balaban J connectivity index is 3.77. The zero-order chi connectivity index (χ0) is 11.2. The molecule has 0 amide bonds. The van der Waals surface area contributed by atoms with E-state index >= 15 is 0 Å². The summed E-state index contributed by atoms with van der Waals surface area (Å²) in [7, 11) is 4.27. The molecule has 3 N–H and O–H groups in total. The molecule has 0 aromatic heterocycles. The van der Waals surface area contributed by atoms with Crippen molar-refractivity contribution in [2.24, 2.45) is 11.7 Å². The van der Waals surface area contributed by atoms with E-state index < -0.39 is 0 Å². The van der Waals surface area contributed by atoms with Gasteiger partial charge in [0.05, 0.1) is 0 Å². The summed E-state index contributed by atoms with van der Waals surface area (Å²) in [4.78, 5) is 2.28. The van der Waals surface area contributed by atoms with Crippen molar-refractivity contribution in [1.29, 1.82) is 0 Å². The van der Waals surface area contributed by atoms with Gasteiger partial charge in [-0.25, -0.2) is 0 Å². The van der Waals surface area contributed by atoms with Gasteiger partial charge in [0, 0.05) is 5.54 Å². The Labute approximate surface area is 89.0 Å². The van der Waals surface area contributed by atoms with E-state index in [9.17, 15) is 0 Å². The molecule has 0 aromatic carbocycles. The zero-order valence-corrected chi connectivity index (χ0v) is 10.4. The van der Waals surface area contributed by atoms with Gasteiger partial charge in [-0.05, 0) is 59.9 Å². The number of rotatable bonds is 7. The molecule has 1 unspecified atom stereocenters. The molecule has 0 spiro atoms. The minimum Gasteiger partial charge on any atom is -0.330 e. The summed E-state index contributed by atoms with van der Waals surface area (Å²) in [6.07, 6.45) is 1.06. The highest BCUT2D eigenvalue weighted by Gasteiger charge is 2.27. The van der Waals surface area contributed by atoms with E-state index in [0.29, 0.717) is 5.92 Å². The largest absolute Gasteiger partial charge is 0.330 e. The minimum absolute atomic E-state index is 0.246. The predicted molar refractivity (Wildman–Crippen MR) is 63.5 cm³/mol.